The molecule has 1 aromatic rings. The van der Waals surface area contributed by atoms with E-state index in [1.54, 1.807) is 6.92 Å². The molecule has 0 spiro atoms. The van der Waals surface area contributed by atoms with E-state index >= 15 is 0 Å². The summed E-state index contributed by atoms with van der Waals surface area (Å²) in [4.78, 5) is 25.7. The predicted octanol–water partition coefficient (Wildman–Crippen LogP) is 0.464. The van der Waals surface area contributed by atoms with Gasteiger partial charge in [0.15, 0.2) is 0 Å². The standard InChI is InChI=1S/C13H21N3O3/c1-3-15(11-5-4-6-14-8-11)9-13(18)16-12(17)7-10(2)19-16/h7,11,14H,3-6,8-9H2,1-2H3. The van der Waals surface area contributed by atoms with Gasteiger partial charge in [-0.15, -0.1) is 4.74 Å². The van der Waals surface area contributed by atoms with Crippen molar-refractivity contribution < 1.29 is 9.32 Å². The van der Waals surface area contributed by atoms with Crippen molar-refractivity contribution in [2.45, 2.75) is 32.7 Å². The normalized spacial score (nSPS) is 19.8. The Bertz CT molecular complexity index is 486. The van der Waals surface area contributed by atoms with Gasteiger partial charge in [-0.1, -0.05) is 6.92 Å². The Morgan fingerprint density at radius 3 is 2.95 bits per heavy atom. The van der Waals surface area contributed by atoms with Crippen molar-refractivity contribution in [1.82, 2.24) is 15.0 Å². The molecule has 0 amide bonds. The monoisotopic (exact) mass is 267 g/mol. The lowest BCUT2D eigenvalue weighted by atomic mass is 10.1. The van der Waals surface area contributed by atoms with Crippen LogP contribution in [-0.2, 0) is 0 Å². The van der Waals surface area contributed by atoms with Crippen LogP contribution in [0.4, 0.5) is 0 Å². The molecule has 1 fully saturated rings. The van der Waals surface area contributed by atoms with E-state index in [4.69, 9.17) is 4.52 Å². The van der Waals surface area contributed by atoms with Gasteiger partial charge < -0.3 is 9.84 Å². The quantitative estimate of drug-likeness (QED) is 0.858. The highest BCUT2D eigenvalue weighted by molar-refractivity contribution is 5.79. The predicted molar refractivity (Wildman–Crippen MR) is 71.5 cm³/mol. The summed E-state index contributed by atoms with van der Waals surface area (Å²) < 4.78 is 5.98. The van der Waals surface area contributed by atoms with Gasteiger partial charge in [-0.05, 0) is 32.9 Å². The molecule has 19 heavy (non-hydrogen) atoms. The summed E-state index contributed by atoms with van der Waals surface area (Å²) >= 11 is 0. The lowest BCUT2D eigenvalue weighted by Crippen LogP contribution is -2.48. The van der Waals surface area contributed by atoms with E-state index in [2.05, 4.69) is 10.2 Å². The molecule has 1 saturated heterocycles. The van der Waals surface area contributed by atoms with E-state index in [0.29, 0.717) is 11.8 Å². The Morgan fingerprint density at radius 1 is 1.63 bits per heavy atom. The second kappa shape index (κ2) is 6.16. The summed E-state index contributed by atoms with van der Waals surface area (Å²) in [6.07, 6.45) is 2.20. The van der Waals surface area contributed by atoms with Gasteiger partial charge in [-0.25, -0.2) is 0 Å². The third kappa shape index (κ3) is 3.33. The summed E-state index contributed by atoms with van der Waals surface area (Å²) in [7, 11) is 0. The van der Waals surface area contributed by atoms with Gasteiger partial charge in [0.05, 0.1) is 6.54 Å². The molecule has 1 atom stereocenters. The van der Waals surface area contributed by atoms with Gasteiger partial charge in [-0.2, -0.15) is 0 Å². The molecule has 1 unspecified atom stereocenters. The van der Waals surface area contributed by atoms with E-state index in [1.807, 2.05) is 6.92 Å². The number of hydrogen-bond acceptors (Lipinski definition) is 5. The van der Waals surface area contributed by atoms with Crippen LogP contribution < -0.4 is 10.9 Å². The molecule has 1 aromatic heterocycles. The molecule has 106 valence electrons. The molecule has 0 aliphatic carbocycles. The minimum absolute atomic E-state index is 0.218. The number of nitrogens with one attached hydrogen (secondary N) is 1. The molecule has 6 nitrogen and oxygen atoms in total. The lowest BCUT2D eigenvalue weighted by molar-refractivity contribution is 0.0667. The molecule has 1 aliphatic heterocycles. The zero-order chi connectivity index (χ0) is 13.8. The van der Waals surface area contributed by atoms with Gasteiger partial charge in [0.25, 0.3) is 11.5 Å². The molecule has 0 saturated carbocycles. The zero-order valence-electron chi connectivity index (χ0n) is 11.5. The smallest absolute Gasteiger partial charge is 0.290 e. The third-order valence-corrected chi connectivity index (χ3v) is 3.52. The number of piperidine rings is 1. The minimum atomic E-state index is -0.389. The maximum atomic E-state index is 12.1. The second-order valence-corrected chi connectivity index (χ2v) is 4.94. The summed E-state index contributed by atoms with van der Waals surface area (Å²) in [6, 6.07) is 1.69. The maximum Gasteiger partial charge on any atom is 0.290 e. The minimum Gasteiger partial charge on any atom is -0.373 e. The second-order valence-electron chi connectivity index (χ2n) is 4.94. The van der Waals surface area contributed by atoms with E-state index in [0.717, 1.165) is 37.2 Å². The largest absolute Gasteiger partial charge is 0.373 e. The van der Waals surface area contributed by atoms with Crippen LogP contribution in [-0.4, -0.2) is 47.8 Å². The first-order chi connectivity index (χ1) is 9.11. The van der Waals surface area contributed by atoms with Crippen molar-refractivity contribution in [2.75, 3.05) is 26.2 Å². The molecule has 0 aromatic carbocycles. The van der Waals surface area contributed by atoms with Crippen molar-refractivity contribution in [3.8, 4) is 0 Å². The number of likely N-dealkylation sites (N-methyl/N-ethyl adjacent to an activating group) is 1. The number of carbonyl (C=O) groups is 1. The van der Waals surface area contributed by atoms with E-state index in [9.17, 15) is 9.59 Å². The van der Waals surface area contributed by atoms with Crippen LogP contribution in [0.2, 0.25) is 0 Å². The fourth-order valence-electron chi connectivity index (χ4n) is 2.50. The average molecular weight is 267 g/mol. The Labute approximate surface area is 112 Å². The SMILES string of the molecule is CCN(CC(=O)n1oc(C)cc1=O)C1CCCNC1. The van der Waals surface area contributed by atoms with Crippen LogP contribution in [0.1, 0.15) is 30.3 Å². The third-order valence-electron chi connectivity index (χ3n) is 3.52. The van der Waals surface area contributed by atoms with E-state index in [-0.39, 0.29) is 18.0 Å². The van der Waals surface area contributed by atoms with Crippen molar-refractivity contribution >= 4 is 5.91 Å². The number of nitrogens with zero attached hydrogens (tertiary/aromatic N) is 2. The van der Waals surface area contributed by atoms with Crippen LogP contribution in [0.25, 0.3) is 0 Å². The summed E-state index contributed by atoms with van der Waals surface area (Å²) in [5.74, 6) is 0.159. The summed E-state index contributed by atoms with van der Waals surface area (Å²) in [6.45, 7) is 6.63. The molecule has 2 rings (SSSR count). The number of aryl methyl sites for hydroxylation is 1. The zero-order valence-corrected chi connectivity index (χ0v) is 11.5. The topological polar surface area (TPSA) is 67.5 Å². The number of aromatic nitrogens is 1. The van der Waals surface area contributed by atoms with E-state index < -0.39 is 0 Å². The van der Waals surface area contributed by atoms with Crippen LogP contribution >= 0.6 is 0 Å². The Morgan fingerprint density at radius 2 is 2.42 bits per heavy atom. The fourth-order valence-corrected chi connectivity index (χ4v) is 2.50. The maximum absolute atomic E-state index is 12.1. The molecule has 1 N–H and O–H groups in total. The lowest BCUT2D eigenvalue weighted by Gasteiger charge is -2.33. The van der Waals surface area contributed by atoms with Gasteiger partial charge in [0.2, 0.25) is 0 Å². The molecular formula is C13H21N3O3. The molecular weight excluding hydrogens is 246 g/mol. The van der Waals surface area contributed by atoms with E-state index in [1.165, 1.54) is 6.07 Å². The van der Waals surface area contributed by atoms with Gasteiger partial charge >= 0.3 is 0 Å². The molecule has 1 aliphatic rings. The number of rotatable bonds is 4. The van der Waals surface area contributed by atoms with Crippen molar-refractivity contribution in [1.29, 1.82) is 0 Å². The number of carbonyl (C=O) groups excluding carboxylic acids is 1. The molecule has 0 bridgehead atoms. The number of hydrogen-bond donors (Lipinski definition) is 1. The first kappa shape index (κ1) is 14.0. The van der Waals surface area contributed by atoms with Crippen molar-refractivity contribution in [3.63, 3.8) is 0 Å². The van der Waals surface area contributed by atoms with Gasteiger partial charge in [-0.3, -0.25) is 14.5 Å². The van der Waals surface area contributed by atoms with Crippen LogP contribution in [0.5, 0.6) is 0 Å². The highest BCUT2D eigenvalue weighted by Gasteiger charge is 2.23. The van der Waals surface area contributed by atoms with Gasteiger partial charge in [0, 0.05) is 18.7 Å². The Kier molecular flexibility index (Phi) is 4.55. The van der Waals surface area contributed by atoms with Crippen LogP contribution in [0, 0.1) is 6.92 Å². The summed E-state index contributed by atoms with van der Waals surface area (Å²) in [5.41, 5.74) is -0.389. The molecule has 0 radical (unpaired) electrons. The van der Waals surface area contributed by atoms with Gasteiger partial charge in [0.1, 0.15) is 5.76 Å². The Hall–Kier alpha value is -1.40. The highest BCUT2D eigenvalue weighted by atomic mass is 16.5. The van der Waals surface area contributed by atoms with Crippen LogP contribution in [0.15, 0.2) is 15.4 Å². The fraction of sp³-hybridized carbons (Fsp3) is 0.692. The molecule has 6 heteroatoms. The van der Waals surface area contributed by atoms with Crippen molar-refractivity contribution in [3.05, 3.63) is 22.2 Å². The summed E-state index contributed by atoms with van der Waals surface area (Å²) in [5, 5.41) is 3.33. The average Bonchev–Trinajstić information content (AvgIpc) is 2.76. The first-order valence-corrected chi connectivity index (χ1v) is 6.79. The van der Waals surface area contributed by atoms with Crippen molar-refractivity contribution in [2.24, 2.45) is 0 Å². The first-order valence-electron chi connectivity index (χ1n) is 6.79. The highest BCUT2D eigenvalue weighted by Crippen LogP contribution is 2.10. The Balaban J connectivity index is 2.03. The van der Waals surface area contributed by atoms with Crippen LogP contribution in [0.3, 0.4) is 0 Å². The molecule has 2 heterocycles.